The summed E-state index contributed by atoms with van der Waals surface area (Å²) in [6.45, 7) is 0.541. The molecule has 1 N–H and O–H groups in total. The predicted octanol–water partition coefficient (Wildman–Crippen LogP) is 2.87. The standard InChI is InChI=1S/C19H20FNO3/c1-24-18-13-15(7-9-17(18)20)8-10-19(23)21(11-12-22)14-16-5-3-2-4-6-16/h2-10,13,22H,11-12,14H2,1H3/b10-8+. The Kier molecular flexibility index (Phi) is 6.51. The number of methoxy groups -OCH3 is 1. The van der Waals surface area contributed by atoms with Gasteiger partial charge in [0.05, 0.1) is 13.7 Å². The van der Waals surface area contributed by atoms with Gasteiger partial charge in [0.15, 0.2) is 11.6 Å². The summed E-state index contributed by atoms with van der Waals surface area (Å²) in [5, 5.41) is 9.17. The highest BCUT2D eigenvalue weighted by atomic mass is 19.1. The number of rotatable bonds is 7. The first-order chi connectivity index (χ1) is 11.6. The maximum Gasteiger partial charge on any atom is 0.246 e. The molecule has 24 heavy (non-hydrogen) atoms. The minimum atomic E-state index is -0.452. The van der Waals surface area contributed by atoms with E-state index in [4.69, 9.17) is 4.74 Å². The van der Waals surface area contributed by atoms with Crippen LogP contribution in [0.25, 0.3) is 6.08 Å². The van der Waals surface area contributed by atoms with Crippen LogP contribution in [-0.2, 0) is 11.3 Å². The fourth-order valence-corrected chi connectivity index (χ4v) is 2.24. The molecule has 1 amide bonds. The van der Waals surface area contributed by atoms with Crippen molar-refractivity contribution in [3.8, 4) is 5.75 Å². The number of carbonyl (C=O) groups is 1. The largest absolute Gasteiger partial charge is 0.494 e. The third-order valence-corrected chi connectivity index (χ3v) is 3.49. The zero-order valence-corrected chi connectivity index (χ0v) is 13.5. The summed E-state index contributed by atoms with van der Waals surface area (Å²) in [7, 11) is 1.39. The third kappa shape index (κ3) is 4.93. The molecule has 0 aromatic heterocycles. The molecular formula is C19H20FNO3. The van der Waals surface area contributed by atoms with Gasteiger partial charge in [0.2, 0.25) is 5.91 Å². The van der Waals surface area contributed by atoms with Gasteiger partial charge in [-0.05, 0) is 29.3 Å². The quantitative estimate of drug-likeness (QED) is 0.795. The Hall–Kier alpha value is -2.66. The van der Waals surface area contributed by atoms with Crippen LogP contribution in [0.2, 0.25) is 0 Å². The highest BCUT2D eigenvalue weighted by molar-refractivity contribution is 5.91. The van der Waals surface area contributed by atoms with Crippen LogP contribution in [0.3, 0.4) is 0 Å². The van der Waals surface area contributed by atoms with Crippen LogP contribution in [0, 0.1) is 5.82 Å². The number of hydrogen-bond donors (Lipinski definition) is 1. The van der Waals surface area contributed by atoms with Gasteiger partial charge < -0.3 is 14.7 Å². The molecule has 0 unspecified atom stereocenters. The summed E-state index contributed by atoms with van der Waals surface area (Å²) in [5.74, 6) is -0.552. The smallest absolute Gasteiger partial charge is 0.246 e. The van der Waals surface area contributed by atoms with E-state index in [0.29, 0.717) is 12.1 Å². The molecule has 2 rings (SSSR count). The number of carbonyl (C=O) groups excluding carboxylic acids is 1. The molecule has 5 heteroatoms. The van der Waals surface area contributed by atoms with E-state index in [1.807, 2.05) is 30.3 Å². The van der Waals surface area contributed by atoms with E-state index in [-0.39, 0.29) is 24.8 Å². The SMILES string of the molecule is COc1cc(/C=C/C(=O)N(CCO)Cc2ccccc2)ccc1F. The molecule has 0 radical (unpaired) electrons. The lowest BCUT2D eigenvalue weighted by atomic mass is 10.2. The van der Waals surface area contributed by atoms with Gasteiger partial charge in [-0.2, -0.15) is 0 Å². The molecule has 0 fully saturated rings. The maximum atomic E-state index is 13.4. The van der Waals surface area contributed by atoms with Gasteiger partial charge in [-0.15, -0.1) is 0 Å². The van der Waals surface area contributed by atoms with Crippen molar-refractivity contribution >= 4 is 12.0 Å². The molecule has 0 aliphatic carbocycles. The highest BCUT2D eigenvalue weighted by Crippen LogP contribution is 2.19. The average molecular weight is 329 g/mol. The molecule has 4 nitrogen and oxygen atoms in total. The molecule has 0 aliphatic rings. The summed E-state index contributed by atoms with van der Waals surface area (Å²) in [5.41, 5.74) is 1.64. The lowest BCUT2D eigenvalue weighted by Gasteiger charge is -2.20. The van der Waals surface area contributed by atoms with Crippen molar-refractivity contribution < 1.29 is 19.0 Å². The van der Waals surface area contributed by atoms with Crippen LogP contribution >= 0.6 is 0 Å². The van der Waals surface area contributed by atoms with E-state index in [2.05, 4.69) is 0 Å². The number of ether oxygens (including phenoxy) is 1. The van der Waals surface area contributed by atoms with Gasteiger partial charge in [0.25, 0.3) is 0 Å². The van der Waals surface area contributed by atoms with Crippen molar-refractivity contribution in [2.45, 2.75) is 6.54 Å². The van der Waals surface area contributed by atoms with E-state index < -0.39 is 5.82 Å². The van der Waals surface area contributed by atoms with Gasteiger partial charge in [-0.1, -0.05) is 36.4 Å². The van der Waals surface area contributed by atoms with Crippen LogP contribution in [0.5, 0.6) is 5.75 Å². The zero-order valence-electron chi connectivity index (χ0n) is 13.5. The van der Waals surface area contributed by atoms with Crippen molar-refractivity contribution in [1.82, 2.24) is 4.90 Å². The Bertz CT molecular complexity index is 701. The fraction of sp³-hybridized carbons (Fsp3) is 0.211. The molecular weight excluding hydrogens is 309 g/mol. The molecule has 0 atom stereocenters. The normalized spacial score (nSPS) is 10.8. The number of benzene rings is 2. The van der Waals surface area contributed by atoms with E-state index in [9.17, 15) is 14.3 Å². The van der Waals surface area contributed by atoms with Crippen LogP contribution < -0.4 is 4.74 Å². The monoisotopic (exact) mass is 329 g/mol. The Labute approximate surface area is 140 Å². The lowest BCUT2D eigenvalue weighted by molar-refractivity contribution is -0.127. The second-order valence-corrected chi connectivity index (χ2v) is 5.20. The van der Waals surface area contributed by atoms with Crippen molar-refractivity contribution in [3.63, 3.8) is 0 Å². The lowest BCUT2D eigenvalue weighted by Crippen LogP contribution is -2.31. The highest BCUT2D eigenvalue weighted by Gasteiger charge is 2.11. The van der Waals surface area contributed by atoms with Gasteiger partial charge in [-0.3, -0.25) is 4.79 Å². The summed E-state index contributed by atoms with van der Waals surface area (Å²) < 4.78 is 18.3. The van der Waals surface area contributed by atoms with Crippen molar-refractivity contribution in [2.75, 3.05) is 20.3 Å². The van der Waals surface area contributed by atoms with Gasteiger partial charge in [0, 0.05) is 19.2 Å². The molecule has 0 bridgehead atoms. The number of aliphatic hydroxyl groups is 1. The Morgan fingerprint density at radius 2 is 2.00 bits per heavy atom. The number of halogens is 1. The van der Waals surface area contributed by atoms with E-state index in [1.54, 1.807) is 17.0 Å². The summed E-state index contributed by atoms with van der Waals surface area (Å²) >= 11 is 0. The summed E-state index contributed by atoms with van der Waals surface area (Å²) in [4.78, 5) is 13.9. The second kappa shape index (κ2) is 8.84. The molecule has 0 saturated heterocycles. The first kappa shape index (κ1) is 17.7. The van der Waals surface area contributed by atoms with Crippen LogP contribution in [0.15, 0.2) is 54.6 Å². The maximum absolute atomic E-state index is 13.4. The van der Waals surface area contributed by atoms with Gasteiger partial charge >= 0.3 is 0 Å². The number of aliphatic hydroxyl groups excluding tert-OH is 1. The average Bonchev–Trinajstić information content (AvgIpc) is 2.61. The number of hydrogen-bond acceptors (Lipinski definition) is 3. The van der Waals surface area contributed by atoms with Crippen LogP contribution in [0.1, 0.15) is 11.1 Å². The molecule has 2 aromatic carbocycles. The van der Waals surface area contributed by atoms with Crippen LogP contribution in [0.4, 0.5) is 4.39 Å². The van der Waals surface area contributed by atoms with Gasteiger partial charge in [0.1, 0.15) is 0 Å². The Balaban J connectivity index is 2.09. The number of nitrogens with zero attached hydrogens (tertiary/aromatic N) is 1. The first-order valence-corrected chi connectivity index (χ1v) is 7.59. The minimum Gasteiger partial charge on any atom is -0.494 e. The van der Waals surface area contributed by atoms with Gasteiger partial charge in [-0.25, -0.2) is 4.39 Å². The topological polar surface area (TPSA) is 49.8 Å². The molecule has 2 aromatic rings. The molecule has 0 spiro atoms. The number of amides is 1. The zero-order chi connectivity index (χ0) is 17.4. The Morgan fingerprint density at radius 3 is 2.67 bits per heavy atom. The van der Waals surface area contributed by atoms with Crippen LogP contribution in [-0.4, -0.2) is 36.2 Å². The summed E-state index contributed by atoms with van der Waals surface area (Å²) in [6.07, 6.45) is 3.00. The minimum absolute atomic E-state index is 0.114. The van der Waals surface area contributed by atoms with E-state index in [0.717, 1.165) is 5.56 Å². The molecule has 126 valence electrons. The van der Waals surface area contributed by atoms with Crippen molar-refractivity contribution in [3.05, 3.63) is 71.6 Å². The van der Waals surface area contributed by atoms with Crippen molar-refractivity contribution in [2.24, 2.45) is 0 Å². The summed E-state index contributed by atoms with van der Waals surface area (Å²) in [6, 6.07) is 13.9. The molecule has 0 aliphatic heterocycles. The Morgan fingerprint density at radius 1 is 1.25 bits per heavy atom. The van der Waals surface area contributed by atoms with Crippen molar-refractivity contribution in [1.29, 1.82) is 0 Å². The van der Waals surface area contributed by atoms with E-state index in [1.165, 1.54) is 25.3 Å². The molecule has 0 saturated carbocycles. The third-order valence-electron chi connectivity index (χ3n) is 3.49. The predicted molar refractivity (Wildman–Crippen MR) is 90.9 cm³/mol. The van der Waals surface area contributed by atoms with E-state index >= 15 is 0 Å². The molecule has 0 heterocycles. The fourth-order valence-electron chi connectivity index (χ4n) is 2.24. The first-order valence-electron chi connectivity index (χ1n) is 7.59. The second-order valence-electron chi connectivity index (χ2n) is 5.20.